The Balaban J connectivity index is 1.37. The van der Waals surface area contributed by atoms with Gasteiger partial charge in [-0.2, -0.15) is 0 Å². The Kier molecular flexibility index (Phi) is 3.71. The smallest absolute Gasteiger partial charge is 0.139 e. The molecule has 6 fully saturated rings. The van der Waals surface area contributed by atoms with Gasteiger partial charge in [0.05, 0.1) is 0 Å². The van der Waals surface area contributed by atoms with Crippen LogP contribution in [0.15, 0.2) is 0 Å². The molecule has 0 heterocycles. The molecule has 0 N–H and O–H groups in total. The summed E-state index contributed by atoms with van der Waals surface area (Å²) in [4.78, 5) is 27.1. The molecular formula is C24H34O2. The third-order valence-electron chi connectivity index (χ3n) is 10.2. The normalized spacial score (nSPS) is 55.5. The van der Waals surface area contributed by atoms with Crippen LogP contribution in [0.25, 0.3) is 0 Å². The van der Waals surface area contributed by atoms with Gasteiger partial charge in [-0.05, 0) is 86.9 Å². The van der Waals surface area contributed by atoms with Gasteiger partial charge in [0.2, 0.25) is 0 Å². The Morgan fingerprint density at radius 2 is 0.962 bits per heavy atom. The fourth-order valence-electron chi connectivity index (χ4n) is 9.39. The van der Waals surface area contributed by atoms with Gasteiger partial charge in [0, 0.05) is 23.7 Å². The van der Waals surface area contributed by atoms with E-state index in [1.807, 2.05) is 0 Å². The number of Topliss-reactive ketones (excluding diaryl/α,β-unsaturated/α-hetero) is 2. The largest absolute Gasteiger partial charge is 0.299 e. The van der Waals surface area contributed by atoms with Crippen molar-refractivity contribution in [3.05, 3.63) is 0 Å². The molecule has 0 radical (unpaired) electrons. The number of hydrogen-bond donors (Lipinski definition) is 0. The highest BCUT2D eigenvalue weighted by Gasteiger charge is 2.63. The third-order valence-corrected chi connectivity index (χ3v) is 10.2. The molecule has 0 aromatic carbocycles. The van der Waals surface area contributed by atoms with Crippen molar-refractivity contribution >= 4 is 11.6 Å². The molecule has 0 amide bonds. The van der Waals surface area contributed by atoms with E-state index in [0.29, 0.717) is 58.9 Å². The molecule has 0 bridgehead atoms. The van der Waals surface area contributed by atoms with Gasteiger partial charge in [0.1, 0.15) is 11.6 Å². The average molecular weight is 355 g/mol. The summed E-state index contributed by atoms with van der Waals surface area (Å²) in [6.45, 7) is 0. The van der Waals surface area contributed by atoms with Crippen LogP contribution in [0.5, 0.6) is 0 Å². The summed E-state index contributed by atoms with van der Waals surface area (Å²) in [7, 11) is 0. The quantitative estimate of drug-likeness (QED) is 0.610. The van der Waals surface area contributed by atoms with Crippen LogP contribution in [-0.4, -0.2) is 11.6 Å². The maximum Gasteiger partial charge on any atom is 0.139 e. The van der Waals surface area contributed by atoms with Crippen LogP contribution in [0.1, 0.15) is 77.0 Å². The highest BCUT2D eigenvalue weighted by Crippen LogP contribution is 2.64. The van der Waals surface area contributed by atoms with Gasteiger partial charge in [-0.1, -0.05) is 25.7 Å². The summed E-state index contributed by atoms with van der Waals surface area (Å²) in [6.07, 6.45) is 15.3. The molecule has 142 valence electrons. The van der Waals surface area contributed by atoms with Gasteiger partial charge in [-0.25, -0.2) is 0 Å². The molecule has 26 heavy (non-hydrogen) atoms. The minimum atomic E-state index is 0.277. The second kappa shape index (κ2) is 5.92. The summed E-state index contributed by atoms with van der Waals surface area (Å²) >= 11 is 0. The molecule has 6 aliphatic carbocycles. The number of hydrogen-bond acceptors (Lipinski definition) is 2. The van der Waals surface area contributed by atoms with E-state index >= 15 is 0 Å². The molecule has 0 aromatic rings. The van der Waals surface area contributed by atoms with E-state index in [2.05, 4.69) is 0 Å². The first-order chi connectivity index (χ1) is 12.8. The second-order valence-electron chi connectivity index (χ2n) is 10.8. The van der Waals surface area contributed by atoms with E-state index in [4.69, 9.17) is 0 Å². The number of carbonyl (C=O) groups excluding carboxylic acids is 2. The van der Waals surface area contributed by atoms with Gasteiger partial charge in [-0.15, -0.1) is 0 Å². The fraction of sp³-hybridized carbons (Fsp3) is 0.917. The lowest BCUT2D eigenvalue weighted by molar-refractivity contribution is -0.136. The van der Waals surface area contributed by atoms with Crippen LogP contribution < -0.4 is 0 Å². The predicted molar refractivity (Wildman–Crippen MR) is 100 cm³/mol. The van der Waals surface area contributed by atoms with Crippen LogP contribution >= 0.6 is 0 Å². The van der Waals surface area contributed by atoms with Crippen molar-refractivity contribution in [1.29, 1.82) is 0 Å². The van der Waals surface area contributed by atoms with E-state index < -0.39 is 0 Å². The Bertz CT molecular complexity index is 572. The number of fused-ring (bicyclic) bond motifs is 9. The molecule has 6 rings (SSSR count). The first-order valence-electron chi connectivity index (χ1n) is 11.8. The van der Waals surface area contributed by atoms with Gasteiger partial charge >= 0.3 is 0 Å². The monoisotopic (exact) mass is 354 g/mol. The average Bonchev–Trinajstić information content (AvgIpc) is 3.15. The lowest BCUT2D eigenvalue weighted by Gasteiger charge is -2.49. The zero-order chi connectivity index (χ0) is 17.4. The van der Waals surface area contributed by atoms with Crippen LogP contribution in [0, 0.1) is 59.2 Å². The Labute approximate surface area is 157 Å². The highest BCUT2D eigenvalue weighted by atomic mass is 16.1. The summed E-state index contributed by atoms with van der Waals surface area (Å²) < 4.78 is 0. The molecule has 6 saturated carbocycles. The summed E-state index contributed by atoms with van der Waals surface area (Å²) in [5.41, 5.74) is 0. The maximum atomic E-state index is 13.5. The molecule has 0 aliphatic heterocycles. The summed E-state index contributed by atoms with van der Waals surface area (Å²) in [5.74, 6) is 6.32. The van der Waals surface area contributed by atoms with Crippen molar-refractivity contribution in [2.75, 3.05) is 0 Å². The van der Waals surface area contributed by atoms with E-state index in [1.54, 1.807) is 0 Å². The molecule has 0 aromatic heterocycles. The van der Waals surface area contributed by atoms with Crippen molar-refractivity contribution < 1.29 is 9.59 Å². The summed E-state index contributed by atoms with van der Waals surface area (Å²) in [5, 5.41) is 0. The molecule has 2 nitrogen and oxygen atoms in total. The van der Waals surface area contributed by atoms with Crippen molar-refractivity contribution in [3.63, 3.8) is 0 Å². The lowest BCUT2D eigenvalue weighted by atomic mass is 9.55. The van der Waals surface area contributed by atoms with Gasteiger partial charge in [0.25, 0.3) is 0 Å². The first-order valence-corrected chi connectivity index (χ1v) is 11.8. The van der Waals surface area contributed by atoms with Crippen molar-refractivity contribution in [2.24, 2.45) is 59.2 Å². The van der Waals surface area contributed by atoms with Crippen LogP contribution in [0.3, 0.4) is 0 Å². The highest BCUT2D eigenvalue weighted by molar-refractivity contribution is 5.91. The SMILES string of the molecule is O=C1C2CCCCC2C2CCC3CCC4C5CCCCC5C(=O)C4C3C12. The zero-order valence-electron chi connectivity index (χ0n) is 16.1. The number of carbonyl (C=O) groups is 2. The van der Waals surface area contributed by atoms with Crippen molar-refractivity contribution in [1.82, 2.24) is 0 Å². The van der Waals surface area contributed by atoms with E-state index in [9.17, 15) is 9.59 Å². The molecule has 0 spiro atoms. The van der Waals surface area contributed by atoms with E-state index in [-0.39, 0.29) is 11.8 Å². The van der Waals surface area contributed by atoms with Gasteiger partial charge < -0.3 is 0 Å². The maximum absolute atomic E-state index is 13.5. The summed E-state index contributed by atoms with van der Waals surface area (Å²) in [6, 6.07) is 0. The lowest BCUT2D eigenvalue weighted by Crippen LogP contribution is -2.47. The van der Waals surface area contributed by atoms with Gasteiger partial charge in [-0.3, -0.25) is 9.59 Å². The molecule has 8 unspecified atom stereocenters. The standard InChI is InChI=1S/C24H34O2/c25-23-18-7-3-1-5-14(18)16-11-9-13-10-12-17-15-6-2-4-8-19(15)24(26)22(17)20(13)21(16)23/h13-22H,1-12H2. The Hall–Kier alpha value is -0.660. The van der Waals surface area contributed by atoms with E-state index in [0.717, 1.165) is 12.8 Å². The molecule has 2 heteroatoms. The second-order valence-corrected chi connectivity index (χ2v) is 10.8. The predicted octanol–water partition coefficient (Wildman–Crippen LogP) is 5.05. The van der Waals surface area contributed by atoms with Crippen LogP contribution in [0.2, 0.25) is 0 Å². The van der Waals surface area contributed by atoms with Crippen molar-refractivity contribution in [2.45, 2.75) is 77.0 Å². The van der Waals surface area contributed by atoms with Crippen LogP contribution in [0.4, 0.5) is 0 Å². The molecule has 0 saturated heterocycles. The minimum Gasteiger partial charge on any atom is -0.299 e. The molecule has 6 aliphatic rings. The minimum absolute atomic E-state index is 0.277. The molecule has 8 atom stereocenters. The number of rotatable bonds is 0. The number of ketones is 2. The van der Waals surface area contributed by atoms with E-state index in [1.165, 1.54) is 64.2 Å². The topological polar surface area (TPSA) is 34.1 Å². The molecular weight excluding hydrogens is 320 g/mol. The van der Waals surface area contributed by atoms with Crippen LogP contribution in [-0.2, 0) is 9.59 Å². The first kappa shape index (κ1) is 16.3. The Morgan fingerprint density at radius 3 is 1.46 bits per heavy atom. The fourth-order valence-corrected chi connectivity index (χ4v) is 9.39. The zero-order valence-corrected chi connectivity index (χ0v) is 16.1. The van der Waals surface area contributed by atoms with Gasteiger partial charge in [0.15, 0.2) is 0 Å². The van der Waals surface area contributed by atoms with Crippen molar-refractivity contribution in [3.8, 4) is 0 Å². The third kappa shape index (κ3) is 2.05. The Morgan fingerprint density at radius 1 is 0.500 bits per heavy atom.